The predicted octanol–water partition coefficient (Wildman–Crippen LogP) is 4.30. The predicted molar refractivity (Wildman–Crippen MR) is 77.3 cm³/mol. The van der Waals surface area contributed by atoms with Crippen molar-refractivity contribution in [2.24, 2.45) is 0 Å². The third kappa shape index (κ3) is 3.14. The van der Waals surface area contributed by atoms with Crippen LogP contribution in [-0.2, 0) is 6.54 Å². The first kappa shape index (κ1) is 12.3. The lowest BCUT2D eigenvalue weighted by Crippen LogP contribution is -2.02. The number of hydrogen-bond acceptors (Lipinski definition) is 2. The molecule has 3 N–H and O–H groups in total. The quantitative estimate of drug-likeness (QED) is 0.830. The molecule has 0 bridgehead atoms. The molecule has 2 rings (SSSR count). The van der Waals surface area contributed by atoms with Gasteiger partial charge in [-0.25, -0.2) is 0 Å². The van der Waals surface area contributed by atoms with Crippen LogP contribution in [0.5, 0.6) is 0 Å². The highest BCUT2D eigenvalue weighted by molar-refractivity contribution is 9.10. The minimum absolute atomic E-state index is 0.675. The summed E-state index contributed by atoms with van der Waals surface area (Å²) in [6.07, 6.45) is 0. The fraction of sp³-hybridized carbons (Fsp3) is 0.0769. The van der Waals surface area contributed by atoms with Gasteiger partial charge in [-0.05, 0) is 29.8 Å². The summed E-state index contributed by atoms with van der Waals surface area (Å²) in [5, 5.41) is 3.95. The standard InChI is InChI=1S/C13H12BrClN2/c14-11-4-2-1-3-9(11)8-17-13-7-10(15)5-6-12(13)16/h1-7,17H,8,16H2. The van der Waals surface area contributed by atoms with Crippen LogP contribution in [0.3, 0.4) is 0 Å². The Morgan fingerprint density at radius 3 is 2.71 bits per heavy atom. The molecule has 0 saturated heterocycles. The van der Waals surface area contributed by atoms with Crippen molar-refractivity contribution in [3.8, 4) is 0 Å². The molecule has 0 spiro atoms. The van der Waals surface area contributed by atoms with Crippen molar-refractivity contribution in [2.45, 2.75) is 6.54 Å². The molecule has 0 heterocycles. The van der Waals surface area contributed by atoms with Gasteiger partial charge in [0, 0.05) is 16.0 Å². The van der Waals surface area contributed by atoms with Gasteiger partial charge in [0.25, 0.3) is 0 Å². The highest BCUT2D eigenvalue weighted by Gasteiger charge is 2.02. The number of nitrogens with two attached hydrogens (primary N) is 1. The van der Waals surface area contributed by atoms with Crippen molar-refractivity contribution < 1.29 is 0 Å². The Morgan fingerprint density at radius 2 is 1.94 bits per heavy atom. The molecule has 2 nitrogen and oxygen atoms in total. The zero-order valence-electron chi connectivity index (χ0n) is 9.08. The lowest BCUT2D eigenvalue weighted by molar-refractivity contribution is 1.14. The molecule has 0 unspecified atom stereocenters. The van der Waals surface area contributed by atoms with E-state index < -0.39 is 0 Å². The van der Waals surface area contributed by atoms with Crippen LogP contribution < -0.4 is 11.1 Å². The first-order valence-corrected chi connectivity index (χ1v) is 6.36. The Morgan fingerprint density at radius 1 is 1.18 bits per heavy atom. The van der Waals surface area contributed by atoms with Crippen molar-refractivity contribution in [2.75, 3.05) is 11.1 Å². The van der Waals surface area contributed by atoms with Crippen LogP contribution in [0.1, 0.15) is 5.56 Å². The van der Waals surface area contributed by atoms with Gasteiger partial charge in [0.05, 0.1) is 11.4 Å². The number of hydrogen-bond donors (Lipinski definition) is 2. The minimum Gasteiger partial charge on any atom is -0.397 e. The summed E-state index contributed by atoms with van der Waals surface area (Å²) < 4.78 is 1.08. The maximum absolute atomic E-state index is 5.93. The molecule has 0 radical (unpaired) electrons. The van der Waals surface area contributed by atoms with E-state index in [1.54, 1.807) is 12.1 Å². The Bertz CT molecular complexity index is 529. The first-order chi connectivity index (χ1) is 8.16. The molecular weight excluding hydrogens is 300 g/mol. The van der Waals surface area contributed by atoms with Crippen molar-refractivity contribution in [3.63, 3.8) is 0 Å². The number of rotatable bonds is 3. The highest BCUT2D eigenvalue weighted by Crippen LogP contribution is 2.24. The zero-order chi connectivity index (χ0) is 12.3. The molecule has 88 valence electrons. The van der Waals surface area contributed by atoms with E-state index in [0.717, 1.165) is 10.2 Å². The molecule has 0 aliphatic heterocycles. The Balaban J connectivity index is 2.12. The molecule has 0 fully saturated rings. The number of halogens is 2. The Labute approximate surface area is 114 Å². The summed E-state index contributed by atoms with van der Waals surface area (Å²) in [6.45, 7) is 0.700. The largest absolute Gasteiger partial charge is 0.397 e. The van der Waals surface area contributed by atoms with Crippen LogP contribution in [0, 0.1) is 0 Å². The molecule has 0 aliphatic rings. The van der Waals surface area contributed by atoms with Crippen molar-refractivity contribution >= 4 is 38.9 Å². The molecule has 4 heteroatoms. The van der Waals surface area contributed by atoms with Gasteiger partial charge in [0.2, 0.25) is 0 Å². The van der Waals surface area contributed by atoms with E-state index in [-0.39, 0.29) is 0 Å². The second-order valence-corrected chi connectivity index (χ2v) is 4.97. The van der Waals surface area contributed by atoms with Crippen molar-refractivity contribution in [1.82, 2.24) is 0 Å². The van der Waals surface area contributed by atoms with Crippen LogP contribution in [-0.4, -0.2) is 0 Å². The molecule has 0 atom stereocenters. The average Bonchev–Trinajstić information content (AvgIpc) is 2.32. The smallest absolute Gasteiger partial charge is 0.0591 e. The highest BCUT2D eigenvalue weighted by atomic mass is 79.9. The van der Waals surface area contributed by atoms with Crippen LogP contribution in [0.15, 0.2) is 46.9 Å². The topological polar surface area (TPSA) is 38.0 Å². The SMILES string of the molecule is Nc1ccc(Cl)cc1NCc1ccccc1Br. The first-order valence-electron chi connectivity index (χ1n) is 5.19. The summed E-state index contributed by atoms with van der Waals surface area (Å²) in [4.78, 5) is 0. The molecule has 17 heavy (non-hydrogen) atoms. The number of nitrogens with one attached hydrogen (secondary N) is 1. The van der Waals surface area contributed by atoms with E-state index in [9.17, 15) is 0 Å². The fourth-order valence-electron chi connectivity index (χ4n) is 1.51. The summed E-state index contributed by atoms with van der Waals surface area (Å²) in [5.74, 6) is 0. The van der Waals surface area contributed by atoms with Gasteiger partial charge >= 0.3 is 0 Å². The summed E-state index contributed by atoms with van der Waals surface area (Å²) in [5.41, 5.74) is 8.58. The number of nitrogen functional groups attached to an aromatic ring is 1. The lowest BCUT2D eigenvalue weighted by Gasteiger charge is -2.10. The maximum atomic E-state index is 5.93. The van der Waals surface area contributed by atoms with Crippen LogP contribution >= 0.6 is 27.5 Å². The molecular formula is C13H12BrClN2. The van der Waals surface area contributed by atoms with Gasteiger partial charge in [-0.3, -0.25) is 0 Å². The van der Waals surface area contributed by atoms with E-state index in [2.05, 4.69) is 27.3 Å². The molecule has 0 amide bonds. The maximum Gasteiger partial charge on any atom is 0.0591 e. The summed E-state index contributed by atoms with van der Waals surface area (Å²) >= 11 is 9.43. The van der Waals surface area contributed by atoms with Gasteiger partial charge < -0.3 is 11.1 Å². The molecule has 0 aromatic heterocycles. The summed E-state index contributed by atoms with van der Waals surface area (Å²) in [6, 6.07) is 13.5. The van der Waals surface area contributed by atoms with Gasteiger partial charge in [-0.15, -0.1) is 0 Å². The van der Waals surface area contributed by atoms with E-state index in [1.807, 2.05) is 24.3 Å². The third-order valence-electron chi connectivity index (χ3n) is 2.44. The van der Waals surface area contributed by atoms with E-state index >= 15 is 0 Å². The monoisotopic (exact) mass is 310 g/mol. The van der Waals surface area contributed by atoms with Crippen LogP contribution in [0.25, 0.3) is 0 Å². The second-order valence-electron chi connectivity index (χ2n) is 3.68. The molecule has 2 aromatic rings. The van der Waals surface area contributed by atoms with E-state index in [4.69, 9.17) is 17.3 Å². The van der Waals surface area contributed by atoms with Gasteiger partial charge in [-0.1, -0.05) is 45.7 Å². The molecule has 0 aliphatic carbocycles. The van der Waals surface area contributed by atoms with Gasteiger partial charge in [-0.2, -0.15) is 0 Å². The number of anilines is 2. The second kappa shape index (κ2) is 5.43. The fourth-order valence-corrected chi connectivity index (χ4v) is 2.11. The van der Waals surface area contributed by atoms with E-state index in [0.29, 0.717) is 17.3 Å². The van der Waals surface area contributed by atoms with Crippen LogP contribution in [0.2, 0.25) is 5.02 Å². The Kier molecular flexibility index (Phi) is 3.92. The van der Waals surface area contributed by atoms with Crippen LogP contribution in [0.4, 0.5) is 11.4 Å². The molecule has 2 aromatic carbocycles. The van der Waals surface area contributed by atoms with Crippen molar-refractivity contribution in [1.29, 1.82) is 0 Å². The normalized spacial score (nSPS) is 10.2. The molecule has 0 saturated carbocycles. The van der Waals surface area contributed by atoms with Crippen molar-refractivity contribution in [3.05, 3.63) is 57.5 Å². The minimum atomic E-state index is 0.675. The number of benzene rings is 2. The average molecular weight is 312 g/mol. The summed E-state index contributed by atoms with van der Waals surface area (Å²) in [7, 11) is 0. The van der Waals surface area contributed by atoms with Gasteiger partial charge in [0.1, 0.15) is 0 Å². The van der Waals surface area contributed by atoms with E-state index in [1.165, 1.54) is 5.56 Å². The third-order valence-corrected chi connectivity index (χ3v) is 3.45. The zero-order valence-corrected chi connectivity index (χ0v) is 11.4. The Hall–Kier alpha value is -1.19. The lowest BCUT2D eigenvalue weighted by atomic mass is 10.2. The van der Waals surface area contributed by atoms with Gasteiger partial charge in [0.15, 0.2) is 0 Å².